The molecule has 2 heterocycles. The van der Waals surface area contributed by atoms with Crippen molar-refractivity contribution in [3.63, 3.8) is 0 Å². The van der Waals surface area contributed by atoms with Gasteiger partial charge in [0, 0.05) is 12.1 Å². The molecule has 1 aliphatic rings. The van der Waals surface area contributed by atoms with Crippen LogP contribution < -0.4 is 0 Å². The SMILES string of the molecule is OC1CCCN(Cc2ncc(-c3ccccc3Cl)o2)C1. The molecule has 0 saturated carbocycles. The third-order valence-electron chi connectivity index (χ3n) is 3.53. The molecule has 1 unspecified atom stereocenters. The Morgan fingerprint density at radius 1 is 1.40 bits per heavy atom. The summed E-state index contributed by atoms with van der Waals surface area (Å²) < 4.78 is 5.77. The van der Waals surface area contributed by atoms with E-state index in [2.05, 4.69) is 9.88 Å². The molecule has 2 aromatic rings. The third kappa shape index (κ3) is 3.03. The largest absolute Gasteiger partial charge is 0.439 e. The average Bonchev–Trinajstić information content (AvgIpc) is 2.87. The molecule has 0 amide bonds. The zero-order valence-corrected chi connectivity index (χ0v) is 11.9. The highest BCUT2D eigenvalue weighted by Gasteiger charge is 2.19. The van der Waals surface area contributed by atoms with Crippen LogP contribution in [0.5, 0.6) is 0 Å². The number of aliphatic hydroxyl groups excluding tert-OH is 1. The second-order valence-corrected chi connectivity index (χ2v) is 5.54. The van der Waals surface area contributed by atoms with E-state index in [0.29, 0.717) is 29.8 Å². The van der Waals surface area contributed by atoms with Gasteiger partial charge in [-0.15, -0.1) is 0 Å². The molecule has 4 nitrogen and oxygen atoms in total. The highest BCUT2D eigenvalue weighted by Crippen LogP contribution is 2.28. The fourth-order valence-electron chi connectivity index (χ4n) is 2.53. The first-order chi connectivity index (χ1) is 9.72. The summed E-state index contributed by atoms with van der Waals surface area (Å²) in [5.74, 6) is 1.34. The van der Waals surface area contributed by atoms with Crippen molar-refractivity contribution in [1.29, 1.82) is 0 Å². The monoisotopic (exact) mass is 292 g/mol. The normalized spacial score (nSPS) is 20.2. The molecule has 1 aromatic heterocycles. The van der Waals surface area contributed by atoms with Crippen molar-refractivity contribution < 1.29 is 9.52 Å². The maximum absolute atomic E-state index is 9.67. The molecule has 0 spiro atoms. The van der Waals surface area contributed by atoms with E-state index in [-0.39, 0.29) is 6.10 Å². The number of likely N-dealkylation sites (tertiary alicyclic amines) is 1. The predicted octanol–water partition coefficient (Wildman–Crippen LogP) is 2.95. The number of aromatic nitrogens is 1. The van der Waals surface area contributed by atoms with E-state index < -0.39 is 0 Å². The molecule has 5 heteroatoms. The van der Waals surface area contributed by atoms with E-state index in [1.54, 1.807) is 6.20 Å². The van der Waals surface area contributed by atoms with E-state index in [9.17, 15) is 5.11 Å². The molecule has 0 radical (unpaired) electrons. The van der Waals surface area contributed by atoms with Gasteiger partial charge in [-0.05, 0) is 31.5 Å². The Hall–Kier alpha value is -1.36. The van der Waals surface area contributed by atoms with Gasteiger partial charge >= 0.3 is 0 Å². The second-order valence-electron chi connectivity index (χ2n) is 5.13. The Bertz CT molecular complexity index is 585. The minimum absolute atomic E-state index is 0.234. The van der Waals surface area contributed by atoms with Gasteiger partial charge in [0.25, 0.3) is 0 Å². The van der Waals surface area contributed by atoms with Crippen LogP contribution in [0.2, 0.25) is 5.02 Å². The summed E-state index contributed by atoms with van der Waals surface area (Å²) in [6, 6.07) is 7.56. The predicted molar refractivity (Wildman–Crippen MR) is 77.5 cm³/mol. The molecule has 1 fully saturated rings. The fourth-order valence-corrected chi connectivity index (χ4v) is 2.76. The molecule has 1 atom stereocenters. The van der Waals surface area contributed by atoms with E-state index in [1.807, 2.05) is 24.3 Å². The van der Waals surface area contributed by atoms with Crippen LogP contribution in [0.4, 0.5) is 0 Å². The van der Waals surface area contributed by atoms with Crippen molar-refractivity contribution in [1.82, 2.24) is 9.88 Å². The first kappa shape index (κ1) is 13.6. The summed E-state index contributed by atoms with van der Waals surface area (Å²) in [5, 5.41) is 10.3. The number of nitrogens with zero attached hydrogens (tertiary/aromatic N) is 2. The maximum atomic E-state index is 9.67. The summed E-state index contributed by atoms with van der Waals surface area (Å²) in [6.07, 6.45) is 3.37. The van der Waals surface area contributed by atoms with Gasteiger partial charge in [0.05, 0.1) is 23.9 Å². The van der Waals surface area contributed by atoms with Crippen LogP contribution in [0.1, 0.15) is 18.7 Å². The first-order valence-corrected chi connectivity index (χ1v) is 7.20. The summed E-state index contributed by atoms with van der Waals surface area (Å²) in [5.41, 5.74) is 0.853. The molecule has 1 N–H and O–H groups in total. The van der Waals surface area contributed by atoms with E-state index >= 15 is 0 Å². The molecule has 0 bridgehead atoms. The van der Waals surface area contributed by atoms with Gasteiger partial charge in [0.2, 0.25) is 5.89 Å². The minimum atomic E-state index is -0.234. The van der Waals surface area contributed by atoms with Crippen LogP contribution in [0.3, 0.4) is 0 Å². The lowest BCUT2D eigenvalue weighted by Crippen LogP contribution is -2.37. The Labute approximate surface area is 123 Å². The van der Waals surface area contributed by atoms with Crippen LogP contribution >= 0.6 is 11.6 Å². The molecule has 1 aromatic carbocycles. The number of rotatable bonds is 3. The van der Waals surface area contributed by atoms with Crippen molar-refractivity contribution in [2.45, 2.75) is 25.5 Å². The molecule has 0 aliphatic carbocycles. The average molecular weight is 293 g/mol. The lowest BCUT2D eigenvalue weighted by atomic mass is 10.1. The maximum Gasteiger partial charge on any atom is 0.209 e. The van der Waals surface area contributed by atoms with Crippen LogP contribution in [0.15, 0.2) is 34.9 Å². The first-order valence-electron chi connectivity index (χ1n) is 6.82. The number of β-amino-alcohol motifs (C(OH)–C–C–N with tert-alkyl or cyclic N) is 1. The number of halogens is 1. The highest BCUT2D eigenvalue weighted by atomic mass is 35.5. The minimum Gasteiger partial charge on any atom is -0.439 e. The van der Waals surface area contributed by atoms with Crippen LogP contribution in [0.25, 0.3) is 11.3 Å². The van der Waals surface area contributed by atoms with Gasteiger partial charge in [0.15, 0.2) is 5.76 Å². The fraction of sp³-hybridized carbons (Fsp3) is 0.400. The van der Waals surface area contributed by atoms with Crippen LogP contribution in [-0.4, -0.2) is 34.2 Å². The lowest BCUT2D eigenvalue weighted by Gasteiger charge is -2.28. The Balaban J connectivity index is 1.72. The molecule has 3 rings (SSSR count). The number of aliphatic hydroxyl groups is 1. The Morgan fingerprint density at radius 2 is 2.25 bits per heavy atom. The van der Waals surface area contributed by atoms with Crippen LogP contribution in [-0.2, 0) is 6.54 Å². The highest BCUT2D eigenvalue weighted by molar-refractivity contribution is 6.33. The molecule has 1 saturated heterocycles. The number of benzene rings is 1. The van der Waals surface area contributed by atoms with Gasteiger partial charge in [-0.3, -0.25) is 4.90 Å². The van der Waals surface area contributed by atoms with E-state index in [1.165, 1.54) is 0 Å². The molecule has 20 heavy (non-hydrogen) atoms. The molecule has 1 aliphatic heterocycles. The Kier molecular flexibility index (Phi) is 4.05. The summed E-state index contributed by atoms with van der Waals surface area (Å²) >= 11 is 6.15. The zero-order chi connectivity index (χ0) is 13.9. The lowest BCUT2D eigenvalue weighted by molar-refractivity contribution is 0.0625. The standard InChI is InChI=1S/C15H17ClN2O2/c16-13-6-2-1-5-12(13)14-8-17-15(20-14)10-18-7-3-4-11(19)9-18/h1-2,5-6,8,11,19H,3-4,7,9-10H2. The van der Waals surface area contributed by atoms with Crippen molar-refractivity contribution in [3.8, 4) is 11.3 Å². The zero-order valence-electron chi connectivity index (χ0n) is 11.1. The van der Waals surface area contributed by atoms with Crippen molar-refractivity contribution in [2.75, 3.05) is 13.1 Å². The van der Waals surface area contributed by atoms with E-state index in [4.69, 9.17) is 16.0 Å². The summed E-state index contributed by atoms with van der Waals surface area (Å²) in [6.45, 7) is 2.28. The number of oxazole rings is 1. The Morgan fingerprint density at radius 3 is 3.05 bits per heavy atom. The molecule has 106 valence electrons. The number of hydrogen-bond donors (Lipinski definition) is 1. The van der Waals surface area contributed by atoms with Gasteiger partial charge in [-0.1, -0.05) is 23.7 Å². The van der Waals surface area contributed by atoms with Crippen LogP contribution in [0, 0.1) is 0 Å². The van der Waals surface area contributed by atoms with E-state index in [0.717, 1.165) is 24.9 Å². The van der Waals surface area contributed by atoms with Crippen molar-refractivity contribution in [3.05, 3.63) is 41.4 Å². The molecular weight excluding hydrogens is 276 g/mol. The van der Waals surface area contributed by atoms with Gasteiger partial charge in [-0.2, -0.15) is 0 Å². The number of piperidine rings is 1. The van der Waals surface area contributed by atoms with Crippen molar-refractivity contribution in [2.24, 2.45) is 0 Å². The second kappa shape index (κ2) is 5.95. The molecular formula is C15H17ClN2O2. The van der Waals surface area contributed by atoms with Gasteiger partial charge < -0.3 is 9.52 Å². The van der Waals surface area contributed by atoms with Crippen molar-refractivity contribution >= 4 is 11.6 Å². The summed E-state index contributed by atoms with van der Waals surface area (Å²) in [7, 11) is 0. The topological polar surface area (TPSA) is 49.5 Å². The summed E-state index contributed by atoms with van der Waals surface area (Å²) in [4.78, 5) is 6.47. The quantitative estimate of drug-likeness (QED) is 0.945. The smallest absolute Gasteiger partial charge is 0.209 e. The van der Waals surface area contributed by atoms with Gasteiger partial charge in [0.1, 0.15) is 0 Å². The number of hydrogen-bond acceptors (Lipinski definition) is 4. The van der Waals surface area contributed by atoms with Gasteiger partial charge in [-0.25, -0.2) is 4.98 Å². The third-order valence-corrected chi connectivity index (χ3v) is 3.86.